The Morgan fingerprint density at radius 2 is 1.50 bits per heavy atom. The fourth-order valence-electron chi connectivity index (χ4n) is 2.79. The van der Waals surface area contributed by atoms with Crippen molar-refractivity contribution >= 4 is 34.6 Å². The molecule has 1 amide bonds. The molecule has 0 bridgehead atoms. The zero-order valence-electron chi connectivity index (χ0n) is 16.8. The lowest BCUT2D eigenvalue weighted by Gasteiger charge is -2.13. The predicted octanol–water partition coefficient (Wildman–Crippen LogP) is 4.44. The number of methoxy groups -OCH3 is 2. The SMILES string of the molecule is COc1cc(NC(=S)Nc2cccc(C(=O)NCc3ccccc3)c2)cc(OC)c1. The van der Waals surface area contributed by atoms with E-state index >= 15 is 0 Å². The van der Waals surface area contributed by atoms with Crippen LogP contribution >= 0.6 is 12.2 Å². The number of carbonyl (C=O) groups excluding carboxylic acids is 1. The van der Waals surface area contributed by atoms with Gasteiger partial charge in [-0.15, -0.1) is 0 Å². The lowest BCUT2D eigenvalue weighted by molar-refractivity contribution is 0.0951. The number of amides is 1. The van der Waals surface area contributed by atoms with E-state index in [1.807, 2.05) is 48.5 Å². The van der Waals surface area contributed by atoms with Gasteiger partial charge in [0, 0.05) is 41.7 Å². The smallest absolute Gasteiger partial charge is 0.251 e. The highest BCUT2D eigenvalue weighted by atomic mass is 32.1. The molecule has 6 nitrogen and oxygen atoms in total. The third-order valence-corrected chi connectivity index (χ3v) is 4.49. The fourth-order valence-corrected chi connectivity index (χ4v) is 3.03. The average Bonchev–Trinajstić information content (AvgIpc) is 2.77. The number of thiocarbonyl (C=S) groups is 1. The molecule has 3 N–H and O–H groups in total. The van der Waals surface area contributed by atoms with E-state index in [-0.39, 0.29) is 5.91 Å². The maximum Gasteiger partial charge on any atom is 0.251 e. The van der Waals surface area contributed by atoms with Gasteiger partial charge in [0.1, 0.15) is 11.5 Å². The van der Waals surface area contributed by atoms with Crippen LogP contribution in [0.25, 0.3) is 0 Å². The molecule has 0 heterocycles. The molecule has 0 saturated carbocycles. The Morgan fingerprint density at radius 3 is 2.17 bits per heavy atom. The van der Waals surface area contributed by atoms with Gasteiger partial charge in [-0.05, 0) is 36.0 Å². The monoisotopic (exact) mass is 421 g/mol. The summed E-state index contributed by atoms with van der Waals surface area (Å²) in [5.41, 5.74) is 3.01. The van der Waals surface area contributed by atoms with E-state index in [2.05, 4.69) is 16.0 Å². The third-order valence-electron chi connectivity index (χ3n) is 4.29. The molecule has 0 unspecified atom stereocenters. The van der Waals surface area contributed by atoms with E-state index in [0.29, 0.717) is 34.4 Å². The highest BCUT2D eigenvalue weighted by Crippen LogP contribution is 2.26. The van der Waals surface area contributed by atoms with Crippen molar-refractivity contribution in [3.8, 4) is 11.5 Å². The van der Waals surface area contributed by atoms with Crippen LogP contribution in [0.2, 0.25) is 0 Å². The minimum absolute atomic E-state index is 0.154. The molecule has 154 valence electrons. The second kappa shape index (κ2) is 10.3. The van der Waals surface area contributed by atoms with Gasteiger partial charge in [0.05, 0.1) is 14.2 Å². The zero-order valence-corrected chi connectivity index (χ0v) is 17.6. The van der Waals surface area contributed by atoms with E-state index in [1.165, 1.54) is 0 Å². The minimum Gasteiger partial charge on any atom is -0.497 e. The standard InChI is InChI=1S/C23H23N3O3S/c1-28-20-12-19(13-21(14-20)29-2)26-23(30)25-18-10-6-9-17(11-18)22(27)24-15-16-7-4-3-5-8-16/h3-14H,15H2,1-2H3,(H,24,27)(H2,25,26,30). The van der Waals surface area contributed by atoms with Crippen LogP contribution in [-0.2, 0) is 6.54 Å². The molecular formula is C23H23N3O3S. The van der Waals surface area contributed by atoms with Crippen molar-refractivity contribution in [1.29, 1.82) is 0 Å². The van der Waals surface area contributed by atoms with Crippen LogP contribution < -0.4 is 25.4 Å². The summed E-state index contributed by atoms with van der Waals surface area (Å²) in [7, 11) is 3.17. The van der Waals surface area contributed by atoms with Crippen LogP contribution in [0.1, 0.15) is 15.9 Å². The van der Waals surface area contributed by atoms with Gasteiger partial charge in [0.2, 0.25) is 0 Å². The van der Waals surface area contributed by atoms with Gasteiger partial charge in [0.15, 0.2) is 5.11 Å². The summed E-state index contributed by atoms with van der Waals surface area (Å²) in [5, 5.41) is 9.49. The third kappa shape index (κ3) is 5.96. The van der Waals surface area contributed by atoms with Crippen molar-refractivity contribution in [1.82, 2.24) is 5.32 Å². The van der Waals surface area contributed by atoms with Gasteiger partial charge >= 0.3 is 0 Å². The number of benzene rings is 3. The maximum absolute atomic E-state index is 12.5. The maximum atomic E-state index is 12.5. The first-order valence-corrected chi connectivity index (χ1v) is 9.71. The molecule has 30 heavy (non-hydrogen) atoms. The first-order valence-electron chi connectivity index (χ1n) is 9.30. The van der Waals surface area contributed by atoms with E-state index in [4.69, 9.17) is 21.7 Å². The summed E-state index contributed by atoms with van der Waals surface area (Å²) >= 11 is 5.40. The molecule has 0 saturated heterocycles. The van der Waals surface area contributed by atoms with Gasteiger partial charge in [-0.2, -0.15) is 0 Å². The van der Waals surface area contributed by atoms with Gasteiger partial charge < -0.3 is 25.4 Å². The average molecular weight is 422 g/mol. The summed E-state index contributed by atoms with van der Waals surface area (Å²) in [6.45, 7) is 0.467. The molecule has 0 aliphatic carbocycles. The summed E-state index contributed by atoms with van der Waals surface area (Å²) in [6, 6.07) is 22.3. The molecule has 0 radical (unpaired) electrons. The quantitative estimate of drug-likeness (QED) is 0.490. The Kier molecular flexibility index (Phi) is 7.24. The number of rotatable bonds is 7. The molecule has 0 aromatic heterocycles. The van der Waals surface area contributed by atoms with Gasteiger partial charge in [0.25, 0.3) is 5.91 Å². The lowest BCUT2D eigenvalue weighted by atomic mass is 10.1. The lowest BCUT2D eigenvalue weighted by Crippen LogP contribution is -2.23. The van der Waals surface area contributed by atoms with Gasteiger partial charge in [-0.25, -0.2) is 0 Å². The van der Waals surface area contributed by atoms with Crippen molar-refractivity contribution in [3.63, 3.8) is 0 Å². The molecule has 3 rings (SSSR count). The highest BCUT2D eigenvalue weighted by molar-refractivity contribution is 7.80. The molecule has 3 aromatic rings. The normalized spacial score (nSPS) is 10.1. The molecule has 0 aliphatic rings. The van der Waals surface area contributed by atoms with E-state index in [0.717, 1.165) is 11.3 Å². The zero-order chi connectivity index (χ0) is 21.3. The predicted molar refractivity (Wildman–Crippen MR) is 123 cm³/mol. The first kappa shape index (κ1) is 21.1. The summed E-state index contributed by atoms with van der Waals surface area (Å²) in [5.74, 6) is 1.15. The number of anilines is 2. The Labute approximate surface area is 181 Å². The molecule has 0 fully saturated rings. The number of ether oxygens (including phenoxy) is 2. The fraction of sp³-hybridized carbons (Fsp3) is 0.130. The van der Waals surface area contributed by atoms with Crippen LogP contribution in [0.3, 0.4) is 0 Å². The second-order valence-corrected chi connectivity index (χ2v) is 6.84. The number of nitrogens with one attached hydrogen (secondary N) is 3. The van der Waals surface area contributed by atoms with Gasteiger partial charge in [-0.3, -0.25) is 4.79 Å². The second-order valence-electron chi connectivity index (χ2n) is 6.43. The van der Waals surface area contributed by atoms with Crippen molar-refractivity contribution < 1.29 is 14.3 Å². The Hall–Kier alpha value is -3.58. The van der Waals surface area contributed by atoms with E-state index < -0.39 is 0 Å². The van der Waals surface area contributed by atoms with Gasteiger partial charge in [-0.1, -0.05) is 36.4 Å². The van der Waals surface area contributed by atoms with Crippen molar-refractivity contribution in [2.45, 2.75) is 6.54 Å². The highest BCUT2D eigenvalue weighted by Gasteiger charge is 2.08. The van der Waals surface area contributed by atoms with Crippen LogP contribution in [0.15, 0.2) is 72.8 Å². The van der Waals surface area contributed by atoms with Crippen LogP contribution in [0, 0.1) is 0 Å². The van der Waals surface area contributed by atoms with E-state index in [9.17, 15) is 4.79 Å². The van der Waals surface area contributed by atoms with Crippen LogP contribution in [0.5, 0.6) is 11.5 Å². The van der Waals surface area contributed by atoms with Crippen molar-refractivity contribution in [2.75, 3.05) is 24.9 Å². The minimum atomic E-state index is -0.154. The van der Waals surface area contributed by atoms with Crippen molar-refractivity contribution in [2.24, 2.45) is 0 Å². The van der Waals surface area contributed by atoms with Crippen molar-refractivity contribution in [3.05, 3.63) is 83.9 Å². The Balaban J connectivity index is 1.62. The Morgan fingerprint density at radius 1 is 0.833 bits per heavy atom. The molecule has 7 heteroatoms. The largest absolute Gasteiger partial charge is 0.497 e. The summed E-state index contributed by atoms with van der Waals surface area (Å²) in [6.07, 6.45) is 0. The number of carbonyl (C=O) groups is 1. The summed E-state index contributed by atoms with van der Waals surface area (Å²) in [4.78, 5) is 12.5. The first-order chi connectivity index (χ1) is 14.6. The topological polar surface area (TPSA) is 71.6 Å². The number of hydrogen-bond donors (Lipinski definition) is 3. The number of hydrogen-bond acceptors (Lipinski definition) is 4. The summed E-state index contributed by atoms with van der Waals surface area (Å²) < 4.78 is 10.5. The Bertz CT molecular complexity index is 1000. The van der Waals surface area contributed by atoms with E-state index in [1.54, 1.807) is 38.5 Å². The molecule has 0 spiro atoms. The molecular weight excluding hydrogens is 398 g/mol. The van der Waals surface area contributed by atoms with Crippen LogP contribution in [-0.4, -0.2) is 25.2 Å². The molecule has 0 atom stereocenters. The molecule has 3 aromatic carbocycles. The van der Waals surface area contributed by atoms with Crippen LogP contribution in [0.4, 0.5) is 11.4 Å². The molecule has 0 aliphatic heterocycles.